The van der Waals surface area contributed by atoms with Crippen LogP contribution in [-0.4, -0.2) is 0 Å². The van der Waals surface area contributed by atoms with Gasteiger partial charge in [-0.1, -0.05) is 170 Å². The Bertz CT molecular complexity index is 3640. The second-order valence-electron chi connectivity index (χ2n) is 13.9. The Morgan fingerprint density at radius 1 is 0.375 bits per heavy atom. The molecular weight excluding hydrogens is 679 g/mol. The van der Waals surface area contributed by atoms with Crippen molar-refractivity contribution in [1.29, 1.82) is 0 Å². The summed E-state index contributed by atoms with van der Waals surface area (Å²) in [5.41, 5.74) is 8.95. The number of para-hydroxylation sites is 1. The smallest absolute Gasteiger partial charge is 0.137 e. The average Bonchev–Trinajstić information content (AvgIpc) is 3.72. The molecule has 0 aliphatic heterocycles. The zero-order chi connectivity index (χ0) is 43.1. The predicted molar refractivity (Wildman–Crippen MR) is 237 cm³/mol. The SMILES string of the molecule is [2H]c1c([2H])c([2H])c2c(N(c3ccc(-c4ccc5c(c4)c(-c4ccccc4)c(-c4ccccc4)c4ccccc45)cc3)c3cccc4oc5ccccc5c34)c([2H])c([2H])c([2H])c2c1[2H]. The minimum Gasteiger partial charge on any atom is -0.456 e. The van der Waals surface area contributed by atoms with Gasteiger partial charge in [-0.2, -0.15) is 0 Å². The van der Waals surface area contributed by atoms with Crippen molar-refractivity contribution >= 4 is 71.3 Å². The van der Waals surface area contributed by atoms with E-state index >= 15 is 0 Å². The lowest BCUT2D eigenvalue weighted by atomic mass is 9.84. The molecule has 0 unspecified atom stereocenters. The number of anilines is 3. The van der Waals surface area contributed by atoms with E-state index < -0.39 is 30.2 Å². The number of nitrogens with zero attached hydrogens (tertiary/aromatic N) is 1. The minimum absolute atomic E-state index is 0.00898. The van der Waals surface area contributed by atoms with Gasteiger partial charge in [-0.3, -0.25) is 0 Å². The number of furan rings is 1. The van der Waals surface area contributed by atoms with Gasteiger partial charge in [0.25, 0.3) is 0 Å². The lowest BCUT2D eigenvalue weighted by molar-refractivity contribution is 0.669. The van der Waals surface area contributed by atoms with Crippen molar-refractivity contribution in [1.82, 2.24) is 0 Å². The molecule has 0 saturated carbocycles. The van der Waals surface area contributed by atoms with Crippen LogP contribution in [0.5, 0.6) is 0 Å². The Morgan fingerprint density at radius 3 is 1.77 bits per heavy atom. The monoisotopic (exact) mass is 720 g/mol. The normalized spacial score (nSPS) is 13.3. The highest BCUT2D eigenvalue weighted by molar-refractivity contribution is 6.22. The van der Waals surface area contributed by atoms with Crippen molar-refractivity contribution in [3.8, 4) is 33.4 Å². The number of rotatable bonds is 6. The number of hydrogen-bond donors (Lipinski definition) is 0. The van der Waals surface area contributed by atoms with Crippen LogP contribution in [0.4, 0.5) is 17.1 Å². The van der Waals surface area contributed by atoms with E-state index in [-0.39, 0.29) is 28.5 Å². The first-order chi connectivity index (χ1) is 30.7. The summed E-state index contributed by atoms with van der Waals surface area (Å²) < 4.78 is 68.8. The Kier molecular flexibility index (Phi) is 6.01. The summed E-state index contributed by atoms with van der Waals surface area (Å²) in [4.78, 5) is 1.78. The number of hydrogen-bond acceptors (Lipinski definition) is 2. The molecule has 0 aliphatic carbocycles. The molecule has 262 valence electrons. The zero-order valence-corrected chi connectivity index (χ0v) is 30.0. The second kappa shape index (κ2) is 13.2. The van der Waals surface area contributed by atoms with E-state index in [0.717, 1.165) is 60.3 Å². The molecule has 1 heterocycles. The highest BCUT2D eigenvalue weighted by atomic mass is 16.3. The van der Waals surface area contributed by atoms with Gasteiger partial charge in [0.15, 0.2) is 0 Å². The van der Waals surface area contributed by atoms with Crippen LogP contribution in [0.25, 0.3) is 87.6 Å². The van der Waals surface area contributed by atoms with E-state index in [1.54, 1.807) is 4.90 Å². The van der Waals surface area contributed by atoms with E-state index in [1.165, 1.54) is 5.39 Å². The van der Waals surface area contributed by atoms with Crippen LogP contribution in [0.2, 0.25) is 0 Å². The third-order valence-electron chi connectivity index (χ3n) is 10.7. The van der Waals surface area contributed by atoms with Gasteiger partial charge in [0.1, 0.15) is 11.2 Å². The maximum absolute atomic E-state index is 9.43. The van der Waals surface area contributed by atoms with Crippen molar-refractivity contribution < 1.29 is 14.0 Å². The molecule has 0 radical (unpaired) electrons. The van der Waals surface area contributed by atoms with Gasteiger partial charge in [-0.15, -0.1) is 0 Å². The third-order valence-corrected chi connectivity index (χ3v) is 10.7. The summed E-state index contributed by atoms with van der Waals surface area (Å²) in [7, 11) is 0. The summed E-state index contributed by atoms with van der Waals surface area (Å²) in [5, 5.41) is 6.01. The first-order valence-electron chi connectivity index (χ1n) is 22.1. The van der Waals surface area contributed by atoms with Crippen LogP contribution < -0.4 is 4.90 Å². The Balaban J connectivity index is 1.17. The molecule has 0 fully saturated rings. The van der Waals surface area contributed by atoms with Crippen LogP contribution >= 0.6 is 0 Å². The Morgan fingerprint density at radius 2 is 0.982 bits per heavy atom. The zero-order valence-electron chi connectivity index (χ0n) is 37.0. The van der Waals surface area contributed by atoms with Crippen LogP contribution in [0.1, 0.15) is 9.60 Å². The molecule has 0 spiro atoms. The molecule has 0 atom stereocenters. The molecule has 0 bridgehead atoms. The quantitative estimate of drug-likeness (QED) is 0.159. The largest absolute Gasteiger partial charge is 0.456 e. The Labute approximate surface area is 335 Å². The van der Waals surface area contributed by atoms with Crippen molar-refractivity contribution in [2.24, 2.45) is 0 Å². The third kappa shape index (κ3) is 5.19. The highest BCUT2D eigenvalue weighted by Gasteiger charge is 2.22. The van der Waals surface area contributed by atoms with E-state index in [9.17, 15) is 1.37 Å². The maximum atomic E-state index is 9.43. The van der Waals surface area contributed by atoms with E-state index in [4.69, 9.17) is 12.6 Å². The summed E-state index contributed by atoms with van der Waals surface area (Å²) in [6, 6.07) is 54.3. The average molecular weight is 721 g/mol. The van der Waals surface area contributed by atoms with Crippen molar-refractivity contribution in [2.45, 2.75) is 0 Å². The summed E-state index contributed by atoms with van der Waals surface area (Å²) in [6.07, 6.45) is 0. The van der Waals surface area contributed by atoms with E-state index in [0.29, 0.717) is 22.5 Å². The molecule has 0 N–H and O–H groups in total. The van der Waals surface area contributed by atoms with Crippen LogP contribution in [0, 0.1) is 0 Å². The number of benzene rings is 10. The van der Waals surface area contributed by atoms with Gasteiger partial charge in [-0.25, -0.2) is 0 Å². The minimum atomic E-state index is -0.502. The van der Waals surface area contributed by atoms with E-state index in [1.807, 2.05) is 78.9 Å². The highest BCUT2D eigenvalue weighted by Crippen LogP contribution is 2.47. The van der Waals surface area contributed by atoms with Gasteiger partial charge in [-0.05, 0) is 103 Å². The molecule has 10 aromatic carbocycles. The molecule has 11 rings (SSSR count). The Hall–Kier alpha value is -7.42. The molecule has 0 aliphatic rings. The van der Waals surface area contributed by atoms with Crippen LogP contribution in [0.15, 0.2) is 217 Å². The van der Waals surface area contributed by atoms with Gasteiger partial charge < -0.3 is 9.32 Å². The first-order valence-corrected chi connectivity index (χ1v) is 18.6. The molecule has 0 amide bonds. The number of fused-ring (bicyclic) bond motifs is 7. The molecule has 1 aromatic heterocycles. The van der Waals surface area contributed by atoms with Crippen molar-refractivity contribution in [2.75, 3.05) is 4.90 Å². The standard InChI is InChI=1S/C54H35NO/c1-3-16-38(17-4-1)52-45-23-10-9-22-43(45)44-34-31-40(35-47(44)53(52)39-18-5-2-6-19-39)36-29-32-41(33-30-36)55(48-25-13-20-37-15-7-8-21-42(37)48)49-26-14-28-51-54(49)46-24-11-12-27-50(46)56-51/h1-35H/i7D,8D,13D,15D,20D,21D,25D. The summed E-state index contributed by atoms with van der Waals surface area (Å²) >= 11 is 0. The summed E-state index contributed by atoms with van der Waals surface area (Å²) in [6.45, 7) is 0. The van der Waals surface area contributed by atoms with Gasteiger partial charge in [0.05, 0.1) is 26.4 Å². The van der Waals surface area contributed by atoms with Crippen LogP contribution in [0.3, 0.4) is 0 Å². The maximum Gasteiger partial charge on any atom is 0.137 e. The molecule has 56 heavy (non-hydrogen) atoms. The van der Waals surface area contributed by atoms with Crippen molar-refractivity contribution in [3.05, 3.63) is 212 Å². The fourth-order valence-electron chi connectivity index (χ4n) is 8.28. The second-order valence-corrected chi connectivity index (χ2v) is 13.9. The van der Waals surface area contributed by atoms with Gasteiger partial charge in [0, 0.05) is 16.5 Å². The van der Waals surface area contributed by atoms with Gasteiger partial charge >= 0.3 is 0 Å². The van der Waals surface area contributed by atoms with Crippen LogP contribution in [-0.2, 0) is 0 Å². The fourth-order valence-corrected chi connectivity index (χ4v) is 8.28. The lowest BCUT2D eigenvalue weighted by Gasteiger charge is -2.27. The van der Waals surface area contributed by atoms with E-state index in [2.05, 4.69) is 91.0 Å². The summed E-state index contributed by atoms with van der Waals surface area (Å²) in [5.74, 6) is 0. The predicted octanol–water partition coefficient (Wildman–Crippen LogP) is 15.5. The molecule has 0 saturated heterocycles. The fraction of sp³-hybridized carbons (Fsp3) is 0. The first kappa shape index (κ1) is 25.6. The molecule has 11 aromatic rings. The topological polar surface area (TPSA) is 16.4 Å². The van der Waals surface area contributed by atoms with Crippen molar-refractivity contribution in [3.63, 3.8) is 0 Å². The molecule has 2 heteroatoms. The molecule has 2 nitrogen and oxygen atoms in total. The molecular formula is C54H35NO. The van der Waals surface area contributed by atoms with Gasteiger partial charge in [0.2, 0.25) is 0 Å². The lowest BCUT2D eigenvalue weighted by Crippen LogP contribution is -2.10.